The van der Waals surface area contributed by atoms with Gasteiger partial charge in [-0.05, 0) is 50.4 Å². The Bertz CT molecular complexity index is 1730. The number of ether oxygens (including phenoxy) is 1. The average Bonchev–Trinajstić information content (AvgIpc) is 3.15. The molecule has 34 heavy (non-hydrogen) atoms. The van der Waals surface area contributed by atoms with Gasteiger partial charge in [-0.2, -0.15) is 5.26 Å². The molecule has 0 saturated carbocycles. The van der Waals surface area contributed by atoms with Crippen LogP contribution in [0.4, 0.5) is 4.79 Å². The van der Waals surface area contributed by atoms with E-state index in [-0.39, 0.29) is 11.1 Å². The molecule has 2 aromatic heterocycles. The Kier molecular flexibility index (Phi) is 5.07. The molecule has 0 aliphatic heterocycles. The minimum Gasteiger partial charge on any atom is -0.443 e. The Balaban J connectivity index is 1.91. The van der Waals surface area contributed by atoms with E-state index in [9.17, 15) is 10.1 Å². The van der Waals surface area contributed by atoms with Crippen molar-refractivity contribution < 1.29 is 13.9 Å². The lowest BCUT2D eigenvalue weighted by Gasteiger charge is -2.19. The molecule has 0 fully saturated rings. The molecule has 0 radical (unpaired) electrons. The number of aromatic nitrogens is 1. The van der Waals surface area contributed by atoms with Crippen LogP contribution in [-0.2, 0) is 4.74 Å². The zero-order valence-electron chi connectivity index (χ0n) is 18.8. The largest absolute Gasteiger partial charge is 0.443 e. The molecule has 168 valence electrons. The van der Waals surface area contributed by atoms with Gasteiger partial charge in [0.05, 0.1) is 5.52 Å². The molecule has 0 atom stereocenters. The number of hydrogen-bond donors (Lipinski definition) is 1. The van der Waals surface area contributed by atoms with Crippen LogP contribution < -0.4 is 5.55 Å². The van der Waals surface area contributed by atoms with Crippen molar-refractivity contribution in [3.63, 3.8) is 0 Å². The van der Waals surface area contributed by atoms with Gasteiger partial charge < -0.3 is 9.15 Å². The fourth-order valence-electron chi connectivity index (χ4n) is 4.20. The number of nitriles is 1. The molecule has 5 rings (SSSR count). The van der Waals surface area contributed by atoms with Gasteiger partial charge in [0.15, 0.2) is 0 Å². The highest BCUT2D eigenvalue weighted by Crippen LogP contribution is 2.39. The third kappa shape index (κ3) is 3.57. The highest BCUT2D eigenvalue weighted by Gasteiger charge is 2.24. The van der Waals surface area contributed by atoms with E-state index in [1.807, 2.05) is 75.4 Å². The number of carbonyl (C=O) groups is 1. The lowest BCUT2D eigenvalue weighted by atomic mass is 9.95. The van der Waals surface area contributed by atoms with E-state index in [4.69, 9.17) is 14.6 Å². The Hall–Kier alpha value is -3.89. The SMILES string of the molecule is CC(C)(C)OC(=O)n1cc(-c2c(C#N)c(=N)oc3c2ccc2ccccc23)c2cc(Br)ccc21. The summed E-state index contributed by atoms with van der Waals surface area (Å²) in [5, 5.41) is 21.7. The molecule has 0 spiro atoms. The van der Waals surface area contributed by atoms with E-state index < -0.39 is 11.7 Å². The molecule has 5 aromatic rings. The fraction of sp³-hybridized carbons (Fsp3) is 0.148. The maximum Gasteiger partial charge on any atom is 0.419 e. The van der Waals surface area contributed by atoms with Crippen molar-refractivity contribution in [2.75, 3.05) is 0 Å². The van der Waals surface area contributed by atoms with Gasteiger partial charge >= 0.3 is 6.09 Å². The number of rotatable bonds is 1. The summed E-state index contributed by atoms with van der Waals surface area (Å²) in [5.74, 6) is 0. The second-order valence-electron chi connectivity index (χ2n) is 9.01. The summed E-state index contributed by atoms with van der Waals surface area (Å²) in [5.41, 5.74) is 1.55. The summed E-state index contributed by atoms with van der Waals surface area (Å²) in [7, 11) is 0. The predicted molar refractivity (Wildman–Crippen MR) is 135 cm³/mol. The first kappa shape index (κ1) is 21.9. The summed E-state index contributed by atoms with van der Waals surface area (Å²) in [6, 6.07) is 19.3. The third-order valence-corrected chi connectivity index (χ3v) is 6.06. The second kappa shape index (κ2) is 7.86. The Morgan fingerprint density at radius 2 is 1.85 bits per heavy atom. The van der Waals surface area contributed by atoms with E-state index >= 15 is 0 Å². The summed E-state index contributed by atoms with van der Waals surface area (Å²) in [6.45, 7) is 5.43. The zero-order chi connectivity index (χ0) is 24.2. The van der Waals surface area contributed by atoms with Crippen LogP contribution >= 0.6 is 15.9 Å². The van der Waals surface area contributed by atoms with Crippen LogP contribution in [0.1, 0.15) is 26.3 Å². The van der Waals surface area contributed by atoms with Crippen LogP contribution in [0.15, 0.2) is 69.7 Å². The number of nitrogens with one attached hydrogen (secondary N) is 1. The minimum atomic E-state index is -0.674. The van der Waals surface area contributed by atoms with Gasteiger partial charge in [0.1, 0.15) is 22.8 Å². The minimum absolute atomic E-state index is 0.103. The number of hydrogen-bond acceptors (Lipinski definition) is 5. The molecule has 0 aliphatic rings. The molecule has 0 amide bonds. The first-order valence-corrected chi connectivity index (χ1v) is 11.4. The molecule has 6 nitrogen and oxygen atoms in total. The van der Waals surface area contributed by atoms with Gasteiger partial charge in [-0.15, -0.1) is 0 Å². The number of fused-ring (bicyclic) bond motifs is 4. The van der Waals surface area contributed by atoms with Crippen molar-refractivity contribution in [1.82, 2.24) is 4.57 Å². The number of nitrogens with zero attached hydrogens (tertiary/aromatic N) is 2. The van der Waals surface area contributed by atoms with Crippen molar-refractivity contribution in [1.29, 1.82) is 10.7 Å². The molecular formula is C27H20BrN3O3. The summed E-state index contributed by atoms with van der Waals surface area (Å²) in [6.07, 6.45) is 1.15. The lowest BCUT2D eigenvalue weighted by molar-refractivity contribution is 0.0544. The van der Waals surface area contributed by atoms with Crippen molar-refractivity contribution >= 4 is 54.7 Å². The highest BCUT2D eigenvalue weighted by atomic mass is 79.9. The van der Waals surface area contributed by atoms with Crippen molar-refractivity contribution in [3.8, 4) is 17.2 Å². The average molecular weight is 514 g/mol. The summed E-state index contributed by atoms with van der Waals surface area (Å²) in [4.78, 5) is 13.1. The maximum absolute atomic E-state index is 13.1. The predicted octanol–water partition coefficient (Wildman–Crippen LogP) is 7.10. The van der Waals surface area contributed by atoms with Gasteiger partial charge in [-0.25, -0.2) is 4.79 Å². The van der Waals surface area contributed by atoms with E-state index in [1.54, 1.807) is 6.20 Å². The smallest absolute Gasteiger partial charge is 0.419 e. The van der Waals surface area contributed by atoms with Gasteiger partial charge in [-0.1, -0.05) is 46.3 Å². The lowest BCUT2D eigenvalue weighted by Crippen LogP contribution is -2.26. The standard InChI is InChI=1S/C27H20BrN3O3/c1-27(2,3)34-26(32)31-14-21(19-12-16(28)9-11-22(19)31)23-18-10-8-15-6-4-5-7-17(15)24(18)33-25(30)20(23)13-29/h4-12,14,30H,1-3H3. The van der Waals surface area contributed by atoms with Crippen LogP contribution in [0.3, 0.4) is 0 Å². The van der Waals surface area contributed by atoms with Crippen molar-refractivity contribution in [3.05, 3.63) is 76.4 Å². The van der Waals surface area contributed by atoms with Gasteiger partial charge in [0, 0.05) is 38.0 Å². The molecular weight excluding hydrogens is 494 g/mol. The molecule has 0 aliphatic carbocycles. The van der Waals surface area contributed by atoms with Crippen LogP contribution in [0.2, 0.25) is 0 Å². The monoisotopic (exact) mass is 513 g/mol. The second-order valence-corrected chi connectivity index (χ2v) is 9.93. The Morgan fingerprint density at radius 3 is 2.59 bits per heavy atom. The van der Waals surface area contributed by atoms with Gasteiger partial charge in [-0.3, -0.25) is 9.98 Å². The van der Waals surface area contributed by atoms with E-state index in [0.717, 1.165) is 20.6 Å². The van der Waals surface area contributed by atoms with Crippen LogP contribution in [0.25, 0.3) is 43.8 Å². The fourth-order valence-corrected chi connectivity index (χ4v) is 4.56. The quantitative estimate of drug-likeness (QED) is 0.242. The van der Waals surface area contributed by atoms with Crippen molar-refractivity contribution in [2.24, 2.45) is 0 Å². The number of carbonyl (C=O) groups excluding carboxylic acids is 1. The third-order valence-electron chi connectivity index (χ3n) is 5.57. The van der Waals surface area contributed by atoms with E-state index in [0.29, 0.717) is 27.6 Å². The topological polar surface area (TPSA) is 92.0 Å². The van der Waals surface area contributed by atoms with Crippen LogP contribution in [0, 0.1) is 16.7 Å². The first-order chi connectivity index (χ1) is 16.2. The van der Waals surface area contributed by atoms with Gasteiger partial charge in [0.25, 0.3) is 0 Å². The van der Waals surface area contributed by atoms with Crippen LogP contribution in [-0.4, -0.2) is 16.3 Å². The van der Waals surface area contributed by atoms with E-state index in [2.05, 4.69) is 22.0 Å². The molecule has 0 bridgehead atoms. The summed E-state index contributed by atoms with van der Waals surface area (Å²) >= 11 is 3.52. The van der Waals surface area contributed by atoms with Crippen molar-refractivity contribution in [2.45, 2.75) is 26.4 Å². The number of benzene rings is 3. The number of halogens is 1. The maximum atomic E-state index is 13.1. The molecule has 0 saturated heterocycles. The van der Waals surface area contributed by atoms with Gasteiger partial charge in [0.2, 0.25) is 5.55 Å². The molecule has 7 heteroatoms. The molecule has 0 unspecified atom stereocenters. The Labute approximate surface area is 203 Å². The van der Waals surface area contributed by atoms with Crippen LogP contribution in [0.5, 0.6) is 0 Å². The molecule has 3 aromatic carbocycles. The first-order valence-electron chi connectivity index (χ1n) is 10.7. The normalized spacial score (nSPS) is 11.7. The van der Waals surface area contributed by atoms with E-state index in [1.165, 1.54) is 4.57 Å². The summed E-state index contributed by atoms with van der Waals surface area (Å²) < 4.78 is 13.8. The Morgan fingerprint density at radius 1 is 1.09 bits per heavy atom. The zero-order valence-corrected chi connectivity index (χ0v) is 20.4. The molecule has 2 heterocycles. The highest BCUT2D eigenvalue weighted by molar-refractivity contribution is 9.10. The molecule has 1 N–H and O–H groups in total.